The molecule has 2 heteroatoms. The molecule has 1 aromatic heterocycles. The number of nitrogens with zero attached hydrogens (tertiary/aromatic N) is 1. The highest BCUT2D eigenvalue weighted by atomic mass is 16.3. The highest BCUT2D eigenvalue weighted by Crippen LogP contribution is 2.52. The standard InChI is InChI=1S/C55H39NO/c1-55(2)49-20-12-11-19-46(49)47-32-30-43(35-50(47)55)56(42-28-25-39(26-29-42)37-15-7-4-8-16-37)51-34-33-45(41-23-21-38(22-24-41)36-13-5-3-6-14-36)54-52(51)48-31-27-40-17-9-10-18-44(40)53(48)57-54/h3-35H,1-2H3. The van der Waals surface area contributed by atoms with Gasteiger partial charge in [-0.2, -0.15) is 0 Å². The maximum absolute atomic E-state index is 7.13. The molecule has 0 atom stereocenters. The van der Waals surface area contributed by atoms with Crippen LogP contribution in [0.3, 0.4) is 0 Å². The lowest BCUT2D eigenvalue weighted by Crippen LogP contribution is -2.16. The lowest BCUT2D eigenvalue weighted by atomic mass is 9.82. The predicted molar refractivity (Wildman–Crippen MR) is 240 cm³/mol. The second-order valence-corrected chi connectivity index (χ2v) is 15.7. The van der Waals surface area contributed by atoms with Crippen molar-refractivity contribution >= 4 is 49.8 Å². The van der Waals surface area contributed by atoms with Gasteiger partial charge in [-0.05, 0) is 97.9 Å². The Hall–Kier alpha value is -7.16. The van der Waals surface area contributed by atoms with Gasteiger partial charge < -0.3 is 9.32 Å². The van der Waals surface area contributed by atoms with Gasteiger partial charge in [-0.25, -0.2) is 0 Å². The van der Waals surface area contributed by atoms with E-state index in [-0.39, 0.29) is 5.41 Å². The molecule has 0 aliphatic heterocycles. The van der Waals surface area contributed by atoms with Gasteiger partial charge in [0.15, 0.2) is 0 Å². The van der Waals surface area contributed by atoms with Crippen LogP contribution in [0.2, 0.25) is 0 Å². The average Bonchev–Trinajstić information content (AvgIpc) is 3.78. The molecule has 0 saturated carbocycles. The van der Waals surface area contributed by atoms with Crippen molar-refractivity contribution in [3.8, 4) is 44.5 Å². The monoisotopic (exact) mass is 729 g/mol. The minimum atomic E-state index is -0.142. The van der Waals surface area contributed by atoms with Crippen molar-refractivity contribution in [2.75, 3.05) is 4.90 Å². The van der Waals surface area contributed by atoms with Crippen LogP contribution in [0, 0.1) is 0 Å². The lowest BCUT2D eigenvalue weighted by molar-refractivity contribution is 0.660. The summed E-state index contributed by atoms with van der Waals surface area (Å²) in [6, 6.07) is 72.5. The van der Waals surface area contributed by atoms with E-state index >= 15 is 0 Å². The second-order valence-electron chi connectivity index (χ2n) is 15.7. The molecule has 9 aromatic carbocycles. The molecule has 11 rings (SSSR count). The first-order valence-corrected chi connectivity index (χ1v) is 19.8. The summed E-state index contributed by atoms with van der Waals surface area (Å²) in [5.41, 5.74) is 17.2. The molecular weight excluding hydrogens is 691 g/mol. The van der Waals surface area contributed by atoms with E-state index in [1.165, 1.54) is 44.5 Å². The van der Waals surface area contributed by atoms with Crippen LogP contribution in [-0.4, -0.2) is 0 Å². The largest absolute Gasteiger partial charge is 0.455 e. The van der Waals surface area contributed by atoms with Gasteiger partial charge in [-0.1, -0.05) is 172 Å². The third-order valence-electron chi connectivity index (χ3n) is 12.1. The van der Waals surface area contributed by atoms with Gasteiger partial charge in [0, 0.05) is 33.1 Å². The number of anilines is 3. The fraction of sp³-hybridized carbons (Fsp3) is 0.0545. The first kappa shape index (κ1) is 33.2. The van der Waals surface area contributed by atoms with Crippen LogP contribution in [0.1, 0.15) is 25.0 Å². The van der Waals surface area contributed by atoms with Gasteiger partial charge in [0.05, 0.1) is 11.1 Å². The molecule has 1 aliphatic carbocycles. The van der Waals surface area contributed by atoms with Gasteiger partial charge in [-0.15, -0.1) is 0 Å². The first-order valence-electron chi connectivity index (χ1n) is 19.8. The average molecular weight is 730 g/mol. The third kappa shape index (κ3) is 5.33. The molecule has 270 valence electrons. The van der Waals surface area contributed by atoms with E-state index in [0.717, 1.165) is 60.9 Å². The molecule has 2 nitrogen and oxygen atoms in total. The number of rotatable bonds is 6. The van der Waals surface area contributed by atoms with Gasteiger partial charge in [-0.3, -0.25) is 0 Å². The summed E-state index contributed by atoms with van der Waals surface area (Å²) in [5.74, 6) is 0. The molecule has 0 radical (unpaired) electrons. The van der Waals surface area contributed by atoms with Gasteiger partial charge in [0.1, 0.15) is 11.2 Å². The van der Waals surface area contributed by atoms with E-state index in [1.807, 2.05) is 0 Å². The van der Waals surface area contributed by atoms with E-state index in [1.54, 1.807) is 0 Å². The molecule has 0 amide bonds. The molecule has 0 bridgehead atoms. The maximum Gasteiger partial charge on any atom is 0.145 e. The summed E-state index contributed by atoms with van der Waals surface area (Å²) in [6.07, 6.45) is 0. The maximum atomic E-state index is 7.13. The summed E-state index contributed by atoms with van der Waals surface area (Å²) >= 11 is 0. The number of furan rings is 1. The summed E-state index contributed by atoms with van der Waals surface area (Å²) in [6.45, 7) is 4.70. The molecule has 1 heterocycles. The van der Waals surface area contributed by atoms with E-state index in [2.05, 4.69) is 219 Å². The second kappa shape index (κ2) is 13.0. The number of fused-ring (bicyclic) bond motifs is 8. The third-order valence-corrected chi connectivity index (χ3v) is 12.1. The quantitative estimate of drug-likeness (QED) is 0.169. The Morgan fingerprint density at radius 3 is 1.68 bits per heavy atom. The van der Waals surface area contributed by atoms with Gasteiger partial charge in [0.25, 0.3) is 0 Å². The van der Waals surface area contributed by atoms with Crippen LogP contribution in [0.15, 0.2) is 205 Å². The minimum Gasteiger partial charge on any atom is -0.455 e. The van der Waals surface area contributed by atoms with Crippen molar-refractivity contribution in [2.45, 2.75) is 19.3 Å². The molecule has 0 fully saturated rings. The molecule has 1 aliphatic rings. The van der Waals surface area contributed by atoms with E-state index < -0.39 is 0 Å². The predicted octanol–water partition coefficient (Wildman–Crippen LogP) is 15.5. The SMILES string of the molecule is CC1(C)c2ccccc2-c2ccc(N(c3ccc(-c4ccccc4)cc3)c3ccc(-c4ccc(-c5ccccc5)cc4)c4oc5c6ccccc6ccc5c34)cc21. The van der Waals surface area contributed by atoms with Crippen molar-refractivity contribution in [3.05, 3.63) is 211 Å². The molecule has 57 heavy (non-hydrogen) atoms. The minimum absolute atomic E-state index is 0.142. The van der Waals surface area contributed by atoms with E-state index in [4.69, 9.17) is 4.42 Å². The van der Waals surface area contributed by atoms with Crippen LogP contribution in [-0.2, 0) is 5.41 Å². The fourth-order valence-corrected chi connectivity index (χ4v) is 9.17. The van der Waals surface area contributed by atoms with Crippen LogP contribution in [0.4, 0.5) is 17.1 Å². The summed E-state index contributed by atoms with van der Waals surface area (Å²) in [4.78, 5) is 2.43. The molecule has 0 unspecified atom stereocenters. The van der Waals surface area contributed by atoms with Crippen molar-refractivity contribution in [2.24, 2.45) is 0 Å². The van der Waals surface area contributed by atoms with Crippen molar-refractivity contribution in [1.29, 1.82) is 0 Å². The zero-order valence-electron chi connectivity index (χ0n) is 31.9. The number of hydrogen-bond acceptors (Lipinski definition) is 2. The zero-order valence-corrected chi connectivity index (χ0v) is 31.9. The molecule has 0 saturated heterocycles. The molecule has 0 N–H and O–H groups in total. The highest BCUT2D eigenvalue weighted by Gasteiger charge is 2.36. The van der Waals surface area contributed by atoms with Gasteiger partial charge in [0.2, 0.25) is 0 Å². The Labute approximate surface area is 332 Å². The zero-order chi connectivity index (χ0) is 38.1. The van der Waals surface area contributed by atoms with Crippen molar-refractivity contribution in [1.82, 2.24) is 0 Å². The Morgan fingerprint density at radius 1 is 0.386 bits per heavy atom. The molecule has 10 aromatic rings. The Kier molecular flexibility index (Phi) is 7.55. The lowest BCUT2D eigenvalue weighted by Gasteiger charge is -2.29. The molecule has 0 spiro atoms. The van der Waals surface area contributed by atoms with Crippen LogP contribution in [0.5, 0.6) is 0 Å². The van der Waals surface area contributed by atoms with Crippen LogP contribution < -0.4 is 4.90 Å². The van der Waals surface area contributed by atoms with Crippen molar-refractivity contribution in [3.63, 3.8) is 0 Å². The molecular formula is C55H39NO. The Bertz CT molecular complexity index is 3120. The van der Waals surface area contributed by atoms with Gasteiger partial charge >= 0.3 is 0 Å². The Morgan fingerprint density at radius 2 is 0.947 bits per heavy atom. The van der Waals surface area contributed by atoms with E-state index in [9.17, 15) is 0 Å². The topological polar surface area (TPSA) is 16.4 Å². The number of benzene rings is 9. The summed E-state index contributed by atoms with van der Waals surface area (Å²) in [5, 5.41) is 4.46. The van der Waals surface area contributed by atoms with Crippen LogP contribution >= 0.6 is 0 Å². The highest BCUT2D eigenvalue weighted by molar-refractivity contribution is 6.22. The summed E-state index contributed by atoms with van der Waals surface area (Å²) < 4.78 is 7.13. The fourth-order valence-electron chi connectivity index (χ4n) is 9.17. The summed E-state index contributed by atoms with van der Waals surface area (Å²) in [7, 11) is 0. The van der Waals surface area contributed by atoms with E-state index in [0.29, 0.717) is 0 Å². The smallest absolute Gasteiger partial charge is 0.145 e. The van der Waals surface area contributed by atoms with Crippen molar-refractivity contribution < 1.29 is 4.42 Å². The Balaban J connectivity index is 1.16. The first-order chi connectivity index (χ1) is 28.0. The number of hydrogen-bond donors (Lipinski definition) is 0. The van der Waals surface area contributed by atoms with Crippen LogP contribution in [0.25, 0.3) is 77.2 Å². The normalized spacial score (nSPS) is 12.9.